The van der Waals surface area contributed by atoms with Crippen LogP contribution in [0.4, 0.5) is 4.79 Å². The van der Waals surface area contributed by atoms with Crippen LogP contribution in [-0.4, -0.2) is 61.8 Å². The molecule has 1 heterocycles. The normalized spacial score (nSPS) is 20.9. The molecule has 1 fully saturated rings. The third-order valence-corrected chi connectivity index (χ3v) is 5.26. The van der Waals surface area contributed by atoms with Crippen molar-refractivity contribution in [2.45, 2.75) is 45.3 Å². The molecule has 0 radical (unpaired) electrons. The monoisotopic (exact) mass is 375 g/mol. The lowest BCUT2D eigenvalue weighted by Gasteiger charge is -2.44. The van der Waals surface area contributed by atoms with Gasteiger partial charge in [-0.2, -0.15) is 0 Å². The van der Waals surface area contributed by atoms with Crippen LogP contribution in [0, 0.1) is 0 Å². The zero-order chi connectivity index (χ0) is 20.2. The van der Waals surface area contributed by atoms with E-state index in [4.69, 9.17) is 9.47 Å². The second-order valence-electron chi connectivity index (χ2n) is 7.72. The Hall–Kier alpha value is -2.21. The number of methoxy groups -OCH3 is 2. The van der Waals surface area contributed by atoms with E-state index in [-0.39, 0.29) is 12.1 Å². The van der Waals surface area contributed by atoms with Crippen molar-refractivity contribution in [1.82, 2.24) is 15.1 Å². The molecule has 0 aromatic heterocycles. The lowest BCUT2D eigenvalue weighted by atomic mass is 9.94. The average molecular weight is 376 g/mol. The quantitative estimate of drug-likeness (QED) is 0.776. The number of nitrogens with zero attached hydrogens (tertiary/aromatic N) is 2. The molecule has 0 spiro atoms. The molecule has 1 aliphatic rings. The van der Waals surface area contributed by atoms with Gasteiger partial charge >= 0.3 is 6.03 Å². The predicted molar refractivity (Wildman–Crippen MR) is 109 cm³/mol. The summed E-state index contributed by atoms with van der Waals surface area (Å²) in [6.45, 7) is 14.4. The van der Waals surface area contributed by atoms with E-state index in [0.29, 0.717) is 24.1 Å². The fourth-order valence-corrected chi connectivity index (χ4v) is 3.54. The summed E-state index contributed by atoms with van der Waals surface area (Å²) in [5.74, 6) is 1.32. The van der Waals surface area contributed by atoms with E-state index in [1.807, 2.05) is 43.0 Å². The molecule has 1 saturated heterocycles. The van der Waals surface area contributed by atoms with Crippen LogP contribution in [0.15, 0.2) is 30.9 Å². The summed E-state index contributed by atoms with van der Waals surface area (Å²) in [6.07, 6.45) is 1.92. The highest BCUT2D eigenvalue weighted by molar-refractivity contribution is 5.76. The van der Waals surface area contributed by atoms with Gasteiger partial charge < -0.3 is 19.7 Å². The molecule has 2 atom stereocenters. The summed E-state index contributed by atoms with van der Waals surface area (Å²) in [6, 6.07) is 6.12. The molecular weight excluding hydrogens is 342 g/mol. The Morgan fingerprint density at radius 1 is 1.22 bits per heavy atom. The van der Waals surface area contributed by atoms with Crippen LogP contribution in [0.1, 0.15) is 33.3 Å². The smallest absolute Gasteiger partial charge is 0.318 e. The SMILES string of the molecule is C=CCN1C[C@@H](C)N(C(=O)NC(C)(C)c2ccc(OC)c(OC)c2)C[C@H]1C. The number of ether oxygens (including phenoxy) is 2. The minimum atomic E-state index is -0.544. The van der Waals surface area contributed by atoms with E-state index in [2.05, 4.69) is 30.6 Å². The van der Waals surface area contributed by atoms with Gasteiger partial charge in [-0.15, -0.1) is 6.58 Å². The molecule has 0 aliphatic carbocycles. The number of carbonyl (C=O) groups excluding carboxylic acids is 1. The average Bonchev–Trinajstić information content (AvgIpc) is 2.63. The van der Waals surface area contributed by atoms with Gasteiger partial charge in [0.2, 0.25) is 0 Å². The first kappa shape index (κ1) is 21.1. The van der Waals surface area contributed by atoms with Gasteiger partial charge in [-0.3, -0.25) is 4.90 Å². The van der Waals surface area contributed by atoms with Crippen LogP contribution in [-0.2, 0) is 5.54 Å². The van der Waals surface area contributed by atoms with Crippen molar-refractivity contribution in [3.8, 4) is 11.5 Å². The molecule has 27 heavy (non-hydrogen) atoms. The van der Waals surface area contributed by atoms with Crippen molar-refractivity contribution in [1.29, 1.82) is 0 Å². The van der Waals surface area contributed by atoms with E-state index >= 15 is 0 Å². The number of amides is 2. The van der Waals surface area contributed by atoms with Gasteiger partial charge in [0.05, 0.1) is 19.8 Å². The second-order valence-corrected chi connectivity index (χ2v) is 7.72. The van der Waals surface area contributed by atoms with Crippen molar-refractivity contribution in [3.05, 3.63) is 36.4 Å². The Labute approximate surface area is 163 Å². The summed E-state index contributed by atoms with van der Waals surface area (Å²) in [4.78, 5) is 17.3. The molecule has 0 saturated carbocycles. The number of nitrogens with one attached hydrogen (secondary N) is 1. The van der Waals surface area contributed by atoms with Gasteiger partial charge in [0, 0.05) is 31.7 Å². The van der Waals surface area contributed by atoms with Crippen LogP contribution in [0.25, 0.3) is 0 Å². The second kappa shape index (κ2) is 8.65. The number of rotatable bonds is 6. The lowest BCUT2D eigenvalue weighted by molar-refractivity contribution is 0.0683. The van der Waals surface area contributed by atoms with Crippen molar-refractivity contribution in [2.24, 2.45) is 0 Å². The van der Waals surface area contributed by atoms with E-state index in [1.54, 1.807) is 14.2 Å². The highest BCUT2D eigenvalue weighted by Gasteiger charge is 2.34. The van der Waals surface area contributed by atoms with Crippen molar-refractivity contribution >= 4 is 6.03 Å². The highest BCUT2D eigenvalue weighted by atomic mass is 16.5. The largest absolute Gasteiger partial charge is 0.493 e. The van der Waals surface area contributed by atoms with Crippen LogP contribution in [0.3, 0.4) is 0 Å². The molecule has 1 aromatic carbocycles. The zero-order valence-electron chi connectivity index (χ0n) is 17.4. The fourth-order valence-electron chi connectivity index (χ4n) is 3.54. The molecule has 1 aliphatic heterocycles. The molecule has 150 valence electrons. The molecule has 6 nitrogen and oxygen atoms in total. The molecule has 2 amide bonds. The van der Waals surface area contributed by atoms with Gasteiger partial charge in [0.15, 0.2) is 11.5 Å². The maximum Gasteiger partial charge on any atom is 0.318 e. The van der Waals surface area contributed by atoms with Crippen molar-refractivity contribution in [2.75, 3.05) is 33.9 Å². The van der Waals surface area contributed by atoms with Crippen LogP contribution in [0.2, 0.25) is 0 Å². The lowest BCUT2D eigenvalue weighted by Crippen LogP contribution is -2.61. The fraction of sp³-hybridized carbons (Fsp3) is 0.571. The van der Waals surface area contributed by atoms with E-state index in [9.17, 15) is 4.79 Å². The van der Waals surface area contributed by atoms with Crippen LogP contribution >= 0.6 is 0 Å². The highest BCUT2D eigenvalue weighted by Crippen LogP contribution is 2.32. The van der Waals surface area contributed by atoms with Gasteiger partial charge in [-0.1, -0.05) is 12.1 Å². The summed E-state index contributed by atoms with van der Waals surface area (Å²) in [5.41, 5.74) is 0.414. The van der Waals surface area contributed by atoms with Gasteiger partial charge in [0.1, 0.15) is 0 Å². The van der Waals surface area contributed by atoms with Gasteiger partial charge in [-0.05, 0) is 45.4 Å². The maximum absolute atomic E-state index is 13.0. The number of carbonyl (C=O) groups is 1. The van der Waals surface area contributed by atoms with E-state index in [1.165, 1.54) is 0 Å². The van der Waals surface area contributed by atoms with Gasteiger partial charge in [-0.25, -0.2) is 4.79 Å². The molecule has 0 unspecified atom stereocenters. The molecule has 0 bridgehead atoms. The summed E-state index contributed by atoms with van der Waals surface area (Å²) in [5, 5.41) is 3.18. The van der Waals surface area contributed by atoms with Crippen LogP contribution in [0.5, 0.6) is 11.5 Å². The Morgan fingerprint density at radius 2 is 1.89 bits per heavy atom. The van der Waals surface area contributed by atoms with Crippen LogP contribution < -0.4 is 14.8 Å². The Morgan fingerprint density at radius 3 is 2.48 bits per heavy atom. The number of piperazine rings is 1. The molecule has 1 aromatic rings. The number of urea groups is 1. The summed E-state index contributed by atoms with van der Waals surface area (Å²) in [7, 11) is 3.22. The standard InChI is InChI=1S/C21H33N3O3/c1-8-11-23-13-16(3)24(14-15(23)2)20(25)22-21(4,5)17-9-10-18(26-6)19(12-17)27-7/h8-10,12,15-16H,1,11,13-14H2,2-7H3,(H,22,25)/t15-,16-/m1/s1. The minimum absolute atomic E-state index is 0.0487. The summed E-state index contributed by atoms with van der Waals surface area (Å²) < 4.78 is 10.7. The Kier molecular flexibility index (Phi) is 6.76. The minimum Gasteiger partial charge on any atom is -0.493 e. The first-order valence-corrected chi connectivity index (χ1v) is 9.39. The predicted octanol–water partition coefficient (Wildman–Crippen LogP) is 3.23. The van der Waals surface area contributed by atoms with Gasteiger partial charge in [0.25, 0.3) is 0 Å². The first-order chi connectivity index (χ1) is 12.7. The van der Waals surface area contributed by atoms with E-state index in [0.717, 1.165) is 18.7 Å². The molecule has 1 N–H and O–H groups in total. The number of hydrogen-bond donors (Lipinski definition) is 1. The third-order valence-electron chi connectivity index (χ3n) is 5.26. The molecule has 6 heteroatoms. The molecular formula is C21H33N3O3. The summed E-state index contributed by atoms with van der Waals surface area (Å²) >= 11 is 0. The Balaban J connectivity index is 2.13. The maximum atomic E-state index is 13.0. The number of benzene rings is 1. The Bertz CT molecular complexity index is 675. The van der Waals surface area contributed by atoms with Crippen molar-refractivity contribution < 1.29 is 14.3 Å². The topological polar surface area (TPSA) is 54.0 Å². The molecule has 2 rings (SSSR count). The number of hydrogen-bond acceptors (Lipinski definition) is 4. The first-order valence-electron chi connectivity index (χ1n) is 9.39. The van der Waals surface area contributed by atoms with Crippen molar-refractivity contribution in [3.63, 3.8) is 0 Å². The zero-order valence-corrected chi connectivity index (χ0v) is 17.4. The third kappa shape index (κ3) is 4.75. The van der Waals surface area contributed by atoms with E-state index < -0.39 is 5.54 Å².